The summed E-state index contributed by atoms with van der Waals surface area (Å²) in [5.74, 6) is -0.0251. The fraction of sp³-hybridized carbons (Fsp3) is 0.200. The Balaban J connectivity index is 1.91. The van der Waals surface area contributed by atoms with E-state index in [0.29, 0.717) is 23.4 Å². The van der Waals surface area contributed by atoms with Gasteiger partial charge in [-0.2, -0.15) is 0 Å². The first-order valence-electron chi connectivity index (χ1n) is 8.29. The third kappa shape index (κ3) is 3.90. The molecule has 3 rings (SSSR count). The van der Waals surface area contributed by atoms with E-state index in [1.807, 2.05) is 24.1 Å². The number of carbonyl (C=O) groups is 1. The quantitative estimate of drug-likeness (QED) is 0.599. The Kier molecular flexibility index (Phi) is 5.49. The molecule has 0 N–H and O–H groups in total. The zero-order valence-electron chi connectivity index (χ0n) is 15.5. The summed E-state index contributed by atoms with van der Waals surface area (Å²) in [4.78, 5) is 28.2. The molecule has 7 nitrogen and oxygen atoms in total. The van der Waals surface area contributed by atoms with E-state index in [1.54, 1.807) is 38.5 Å². The van der Waals surface area contributed by atoms with Crippen LogP contribution >= 0.6 is 0 Å². The van der Waals surface area contributed by atoms with Crippen LogP contribution in [0.25, 0.3) is 11.0 Å². The lowest BCUT2D eigenvalue weighted by Crippen LogP contribution is -2.17. The number of hydrogen-bond acceptors (Lipinski definition) is 7. The molecule has 0 bridgehead atoms. The first-order chi connectivity index (χ1) is 13.4. The highest BCUT2D eigenvalue weighted by Crippen LogP contribution is 2.26. The third-order valence-corrected chi connectivity index (χ3v) is 4.28. The Morgan fingerprint density at radius 2 is 1.75 bits per heavy atom. The Labute approximate surface area is 159 Å². The van der Waals surface area contributed by atoms with Crippen molar-refractivity contribution in [2.45, 2.75) is 6.54 Å². The van der Waals surface area contributed by atoms with Gasteiger partial charge in [0, 0.05) is 41.3 Å². The highest BCUT2D eigenvalue weighted by Gasteiger charge is 2.16. The first kappa shape index (κ1) is 19.2. The van der Waals surface area contributed by atoms with Crippen molar-refractivity contribution in [3.05, 3.63) is 64.0 Å². The molecule has 1 heterocycles. The molecule has 0 radical (unpaired) electrons. The van der Waals surface area contributed by atoms with Crippen molar-refractivity contribution in [1.82, 2.24) is 0 Å². The molecule has 0 fully saturated rings. The number of anilines is 1. The van der Waals surface area contributed by atoms with Gasteiger partial charge in [0.2, 0.25) is 0 Å². The first-order valence-corrected chi connectivity index (χ1v) is 8.29. The lowest BCUT2D eigenvalue weighted by atomic mass is 10.1. The minimum atomic E-state index is -1.39. The van der Waals surface area contributed by atoms with E-state index in [2.05, 4.69) is 4.94 Å². The Bertz CT molecular complexity index is 1060. The number of rotatable bonds is 6. The fourth-order valence-electron chi connectivity index (χ4n) is 2.84. The van der Waals surface area contributed by atoms with Gasteiger partial charge in [-0.05, 0) is 35.9 Å². The summed E-state index contributed by atoms with van der Waals surface area (Å²) in [5, 5.41) is 0.472. The summed E-state index contributed by atoms with van der Waals surface area (Å²) < 4.78 is 27.8. The summed E-state index contributed by atoms with van der Waals surface area (Å²) in [6, 6.07) is 12.0. The van der Waals surface area contributed by atoms with Crippen LogP contribution in [0.15, 0.2) is 51.7 Å². The van der Waals surface area contributed by atoms with Crippen molar-refractivity contribution in [3.63, 3.8) is 0 Å². The maximum Gasteiger partial charge on any atom is 0.386 e. The summed E-state index contributed by atoms with van der Waals surface area (Å²) in [5.41, 5.74) is 0.541. The molecule has 0 spiro atoms. The maximum absolute atomic E-state index is 12.1. The number of halogens is 1. The molecule has 0 amide bonds. The molecule has 0 atom stereocenters. The zero-order valence-corrected chi connectivity index (χ0v) is 15.5. The molecule has 0 aliphatic carbocycles. The van der Waals surface area contributed by atoms with Crippen LogP contribution in [0.4, 0.5) is 10.2 Å². The number of carbonyl (C=O) groups excluding carboxylic acids is 1. The van der Waals surface area contributed by atoms with E-state index in [9.17, 15) is 14.1 Å². The second-order valence-corrected chi connectivity index (χ2v) is 6.11. The monoisotopic (exact) mass is 387 g/mol. The van der Waals surface area contributed by atoms with Crippen molar-refractivity contribution in [2.75, 3.05) is 26.2 Å². The van der Waals surface area contributed by atoms with Gasteiger partial charge < -0.3 is 18.8 Å². The predicted molar refractivity (Wildman–Crippen MR) is 101 cm³/mol. The van der Waals surface area contributed by atoms with Crippen LogP contribution in [0.5, 0.6) is 11.5 Å². The SMILES string of the molecule is COc1cc(CN(C)c2ccc3cc(C(=O)OF)c(=O)oc3c2)cc(OC)c1. The van der Waals surface area contributed by atoms with Crippen LogP contribution in [-0.4, -0.2) is 27.2 Å². The number of benzene rings is 2. The Hall–Kier alpha value is -3.55. The van der Waals surface area contributed by atoms with Gasteiger partial charge >= 0.3 is 11.6 Å². The molecule has 3 aromatic rings. The second kappa shape index (κ2) is 7.99. The predicted octanol–water partition coefficient (Wildman–Crippen LogP) is 3.49. The number of methoxy groups -OCH3 is 2. The number of fused-ring (bicyclic) bond motifs is 1. The van der Waals surface area contributed by atoms with Gasteiger partial charge in [0.25, 0.3) is 0 Å². The molecule has 8 heteroatoms. The van der Waals surface area contributed by atoms with E-state index < -0.39 is 17.2 Å². The van der Waals surface area contributed by atoms with Gasteiger partial charge in [0.05, 0.1) is 14.2 Å². The molecule has 0 aliphatic rings. The average Bonchev–Trinajstić information content (AvgIpc) is 2.71. The van der Waals surface area contributed by atoms with Gasteiger partial charge in [-0.15, -0.1) is 0 Å². The van der Waals surface area contributed by atoms with Crippen LogP contribution in [-0.2, 0) is 11.5 Å². The Morgan fingerprint density at radius 1 is 1.07 bits per heavy atom. The molecule has 2 aromatic carbocycles. The normalized spacial score (nSPS) is 10.6. The Morgan fingerprint density at radius 3 is 2.36 bits per heavy atom. The lowest BCUT2D eigenvalue weighted by molar-refractivity contribution is -0.0791. The topological polar surface area (TPSA) is 78.2 Å². The van der Waals surface area contributed by atoms with Gasteiger partial charge in [-0.3, -0.25) is 0 Å². The van der Waals surface area contributed by atoms with Gasteiger partial charge in [0.1, 0.15) is 22.6 Å². The fourth-order valence-corrected chi connectivity index (χ4v) is 2.84. The van der Waals surface area contributed by atoms with Crippen molar-refractivity contribution in [2.24, 2.45) is 0 Å². The molecule has 146 valence electrons. The highest BCUT2D eigenvalue weighted by molar-refractivity contribution is 5.93. The van der Waals surface area contributed by atoms with Crippen LogP contribution in [0.3, 0.4) is 0 Å². The van der Waals surface area contributed by atoms with Crippen molar-refractivity contribution in [3.8, 4) is 11.5 Å². The van der Waals surface area contributed by atoms with Crippen LogP contribution in [0.2, 0.25) is 0 Å². The maximum atomic E-state index is 12.1. The van der Waals surface area contributed by atoms with Gasteiger partial charge in [-0.1, -0.05) is 0 Å². The molecule has 0 saturated carbocycles. The third-order valence-electron chi connectivity index (χ3n) is 4.28. The van der Waals surface area contributed by atoms with E-state index >= 15 is 0 Å². The summed E-state index contributed by atoms with van der Waals surface area (Å²) in [6.07, 6.45) is 0. The van der Waals surface area contributed by atoms with E-state index in [-0.39, 0.29) is 5.58 Å². The summed E-state index contributed by atoms with van der Waals surface area (Å²) >= 11 is 0. The van der Waals surface area contributed by atoms with E-state index in [0.717, 1.165) is 11.3 Å². The molecule has 0 saturated heterocycles. The number of ether oxygens (including phenoxy) is 2. The summed E-state index contributed by atoms with van der Waals surface area (Å²) in [6.45, 7) is 0.537. The minimum Gasteiger partial charge on any atom is -0.497 e. The average molecular weight is 387 g/mol. The number of hydrogen-bond donors (Lipinski definition) is 0. The molecular formula is C20H18FNO6. The zero-order chi connectivity index (χ0) is 20.3. The molecular weight excluding hydrogens is 369 g/mol. The summed E-state index contributed by atoms with van der Waals surface area (Å²) in [7, 11) is 5.04. The largest absolute Gasteiger partial charge is 0.497 e. The van der Waals surface area contributed by atoms with E-state index in [4.69, 9.17) is 13.9 Å². The second-order valence-electron chi connectivity index (χ2n) is 6.11. The van der Waals surface area contributed by atoms with Crippen LogP contribution < -0.4 is 20.0 Å². The van der Waals surface area contributed by atoms with Gasteiger partial charge in [0.15, 0.2) is 0 Å². The highest BCUT2D eigenvalue weighted by atomic mass is 19.3. The molecule has 1 aromatic heterocycles. The van der Waals surface area contributed by atoms with Crippen LogP contribution in [0.1, 0.15) is 15.9 Å². The molecule has 28 heavy (non-hydrogen) atoms. The van der Waals surface area contributed by atoms with Gasteiger partial charge in [-0.25, -0.2) is 14.5 Å². The van der Waals surface area contributed by atoms with Crippen molar-refractivity contribution >= 4 is 22.6 Å². The molecule has 0 unspecified atom stereocenters. The van der Waals surface area contributed by atoms with E-state index in [1.165, 1.54) is 6.07 Å². The van der Waals surface area contributed by atoms with Crippen molar-refractivity contribution < 1.29 is 28.2 Å². The lowest BCUT2D eigenvalue weighted by Gasteiger charge is -2.20. The van der Waals surface area contributed by atoms with Crippen LogP contribution in [0, 0.1) is 0 Å². The van der Waals surface area contributed by atoms with Crippen molar-refractivity contribution in [1.29, 1.82) is 0 Å². The standard InChI is InChI=1S/C20H18FNO6/c1-22(11-12-6-15(25-2)10-16(7-12)26-3)14-5-4-13-8-17(20(24)28-21)19(23)27-18(13)9-14/h4-10H,11H2,1-3H3. The minimum absolute atomic E-state index is 0.271. The number of nitrogens with zero attached hydrogens (tertiary/aromatic N) is 1. The molecule has 0 aliphatic heterocycles. The smallest absolute Gasteiger partial charge is 0.386 e.